The standard InChI is InChI=1S/C14H20O5S/c1-9-7-10(2)12(8-11(9)13(15)16)20(18,19)6-5-14(3,4)17/h7-8,17H,5-6H2,1-4H3,(H,15,16). The summed E-state index contributed by atoms with van der Waals surface area (Å²) < 4.78 is 24.6. The molecule has 112 valence electrons. The van der Waals surface area contributed by atoms with E-state index in [4.69, 9.17) is 5.11 Å². The normalized spacial score (nSPS) is 12.4. The number of carboxylic acids is 1. The maximum atomic E-state index is 12.3. The lowest BCUT2D eigenvalue weighted by Gasteiger charge is -2.17. The Morgan fingerprint density at radius 2 is 1.75 bits per heavy atom. The zero-order valence-corrected chi connectivity index (χ0v) is 12.9. The molecule has 0 saturated carbocycles. The van der Waals surface area contributed by atoms with Gasteiger partial charge in [-0.25, -0.2) is 13.2 Å². The predicted octanol–water partition coefficient (Wildman–Crippen LogP) is 1.94. The Hall–Kier alpha value is -1.40. The minimum Gasteiger partial charge on any atom is -0.478 e. The van der Waals surface area contributed by atoms with Crippen LogP contribution >= 0.6 is 0 Å². The minimum absolute atomic E-state index is 0.0163. The molecule has 0 aliphatic carbocycles. The van der Waals surface area contributed by atoms with Gasteiger partial charge in [0.1, 0.15) is 0 Å². The summed E-state index contributed by atoms with van der Waals surface area (Å²) in [5.41, 5.74) is -0.0569. The molecule has 0 spiro atoms. The van der Waals surface area contributed by atoms with Crippen molar-refractivity contribution >= 4 is 15.8 Å². The van der Waals surface area contributed by atoms with Crippen molar-refractivity contribution in [3.05, 3.63) is 28.8 Å². The number of aliphatic hydroxyl groups is 1. The highest BCUT2D eigenvalue weighted by Crippen LogP contribution is 2.23. The second-order valence-corrected chi connectivity index (χ2v) is 7.70. The maximum Gasteiger partial charge on any atom is 0.335 e. The van der Waals surface area contributed by atoms with Crippen molar-refractivity contribution < 1.29 is 23.4 Å². The largest absolute Gasteiger partial charge is 0.478 e. The van der Waals surface area contributed by atoms with Gasteiger partial charge in [-0.2, -0.15) is 0 Å². The lowest BCUT2D eigenvalue weighted by Crippen LogP contribution is -2.23. The van der Waals surface area contributed by atoms with Gasteiger partial charge in [-0.3, -0.25) is 0 Å². The zero-order chi connectivity index (χ0) is 15.7. The van der Waals surface area contributed by atoms with Crippen molar-refractivity contribution in [2.24, 2.45) is 0 Å². The molecular formula is C14H20O5S. The molecule has 0 unspecified atom stereocenters. The number of hydrogen-bond acceptors (Lipinski definition) is 4. The Labute approximate surface area is 119 Å². The highest BCUT2D eigenvalue weighted by Gasteiger charge is 2.24. The van der Waals surface area contributed by atoms with E-state index in [1.165, 1.54) is 19.9 Å². The van der Waals surface area contributed by atoms with Gasteiger partial charge in [-0.05, 0) is 51.3 Å². The van der Waals surface area contributed by atoms with Gasteiger partial charge in [0.2, 0.25) is 0 Å². The van der Waals surface area contributed by atoms with Crippen LogP contribution in [0, 0.1) is 13.8 Å². The van der Waals surface area contributed by atoms with Crippen LogP contribution < -0.4 is 0 Å². The first-order chi connectivity index (χ1) is 8.94. The average Bonchev–Trinajstić information content (AvgIpc) is 2.24. The van der Waals surface area contributed by atoms with Gasteiger partial charge < -0.3 is 10.2 Å². The third kappa shape index (κ3) is 4.05. The van der Waals surface area contributed by atoms with E-state index >= 15 is 0 Å². The molecule has 1 aromatic rings. The Morgan fingerprint density at radius 3 is 2.20 bits per heavy atom. The fraction of sp³-hybridized carbons (Fsp3) is 0.500. The van der Waals surface area contributed by atoms with Crippen molar-refractivity contribution in [2.75, 3.05) is 5.75 Å². The van der Waals surface area contributed by atoms with Gasteiger partial charge in [0.05, 0.1) is 21.8 Å². The van der Waals surface area contributed by atoms with E-state index in [1.54, 1.807) is 19.9 Å². The van der Waals surface area contributed by atoms with Crippen LogP contribution in [0.2, 0.25) is 0 Å². The summed E-state index contributed by atoms with van der Waals surface area (Å²) >= 11 is 0. The monoisotopic (exact) mass is 300 g/mol. The number of sulfone groups is 1. The third-order valence-electron chi connectivity index (χ3n) is 3.07. The number of carboxylic acid groups (broad SMARTS) is 1. The molecule has 0 bridgehead atoms. The van der Waals surface area contributed by atoms with E-state index in [-0.39, 0.29) is 22.6 Å². The molecule has 5 nitrogen and oxygen atoms in total. The van der Waals surface area contributed by atoms with Crippen LogP contribution in [-0.2, 0) is 9.84 Å². The van der Waals surface area contributed by atoms with Crippen LogP contribution in [0.5, 0.6) is 0 Å². The first-order valence-corrected chi connectivity index (χ1v) is 7.89. The third-order valence-corrected chi connectivity index (χ3v) is 4.92. The van der Waals surface area contributed by atoms with E-state index in [9.17, 15) is 18.3 Å². The fourth-order valence-corrected chi connectivity index (χ4v) is 3.73. The lowest BCUT2D eigenvalue weighted by atomic mass is 10.1. The SMILES string of the molecule is Cc1cc(C)c(S(=O)(=O)CCC(C)(C)O)cc1C(=O)O. The Morgan fingerprint density at radius 1 is 1.20 bits per heavy atom. The van der Waals surface area contributed by atoms with Crippen LogP contribution in [0.1, 0.15) is 41.8 Å². The van der Waals surface area contributed by atoms with Crippen LogP contribution in [0.3, 0.4) is 0 Å². The van der Waals surface area contributed by atoms with E-state index in [1.807, 2.05) is 0 Å². The molecule has 0 fully saturated rings. The molecule has 6 heteroatoms. The van der Waals surface area contributed by atoms with E-state index in [2.05, 4.69) is 0 Å². The highest BCUT2D eigenvalue weighted by molar-refractivity contribution is 7.91. The Kier molecular flexibility index (Phi) is 4.61. The molecule has 0 aliphatic heterocycles. The van der Waals surface area contributed by atoms with E-state index < -0.39 is 21.4 Å². The summed E-state index contributed by atoms with van der Waals surface area (Å²) in [7, 11) is -3.62. The molecule has 0 aromatic heterocycles. The van der Waals surface area contributed by atoms with Crippen LogP contribution in [0.25, 0.3) is 0 Å². The van der Waals surface area contributed by atoms with Crippen molar-refractivity contribution in [1.82, 2.24) is 0 Å². The van der Waals surface area contributed by atoms with Gasteiger partial charge in [0.15, 0.2) is 9.84 Å². The maximum absolute atomic E-state index is 12.3. The predicted molar refractivity (Wildman–Crippen MR) is 75.8 cm³/mol. The smallest absolute Gasteiger partial charge is 0.335 e. The molecule has 20 heavy (non-hydrogen) atoms. The zero-order valence-electron chi connectivity index (χ0n) is 12.1. The second kappa shape index (κ2) is 5.54. The van der Waals surface area contributed by atoms with E-state index in [0.29, 0.717) is 11.1 Å². The van der Waals surface area contributed by atoms with Crippen molar-refractivity contribution in [3.63, 3.8) is 0 Å². The summed E-state index contributed by atoms with van der Waals surface area (Å²) in [5.74, 6) is -1.37. The number of benzene rings is 1. The van der Waals surface area contributed by atoms with Gasteiger partial charge >= 0.3 is 5.97 Å². The molecule has 0 amide bonds. The average molecular weight is 300 g/mol. The molecule has 0 radical (unpaired) electrons. The molecular weight excluding hydrogens is 280 g/mol. The number of hydrogen-bond donors (Lipinski definition) is 2. The molecule has 0 heterocycles. The first kappa shape index (κ1) is 16.7. The lowest BCUT2D eigenvalue weighted by molar-refractivity contribution is 0.0694. The number of aryl methyl sites for hydroxylation is 2. The highest BCUT2D eigenvalue weighted by atomic mass is 32.2. The number of carbonyl (C=O) groups is 1. The molecule has 1 aromatic carbocycles. The molecule has 0 atom stereocenters. The van der Waals surface area contributed by atoms with Crippen LogP contribution in [0.15, 0.2) is 17.0 Å². The molecule has 2 N–H and O–H groups in total. The fourth-order valence-electron chi connectivity index (χ4n) is 1.89. The van der Waals surface area contributed by atoms with Crippen LogP contribution in [-0.4, -0.2) is 36.0 Å². The van der Waals surface area contributed by atoms with Crippen molar-refractivity contribution in [3.8, 4) is 0 Å². The molecule has 0 aliphatic rings. The quantitative estimate of drug-likeness (QED) is 0.867. The minimum atomic E-state index is -3.62. The van der Waals surface area contributed by atoms with E-state index in [0.717, 1.165) is 0 Å². The summed E-state index contributed by atoms with van der Waals surface area (Å²) in [5, 5.41) is 18.7. The summed E-state index contributed by atoms with van der Waals surface area (Å²) in [6.07, 6.45) is 0.0883. The molecule has 0 saturated heterocycles. The van der Waals surface area contributed by atoms with Gasteiger partial charge in [0, 0.05) is 0 Å². The second-order valence-electron chi connectivity index (χ2n) is 5.62. The van der Waals surface area contributed by atoms with Crippen molar-refractivity contribution in [1.29, 1.82) is 0 Å². The van der Waals surface area contributed by atoms with Gasteiger partial charge in [0.25, 0.3) is 0 Å². The van der Waals surface area contributed by atoms with Crippen LogP contribution in [0.4, 0.5) is 0 Å². The Bertz CT molecular complexity index is 624. The van der Waals surface area contributed by atoms with Gasteiger partial charge in [-0.1, -0.05) is 6.07 Å². The number of aromatic carboxylic acids is 1. The summed E-state index contributed by atoms with van der Waals surface area (Å²) in [4.78, 5) is 11.1. The topological polar surface area (TPSA) is 91.7 Å². The Balaban J connectivity index is 3.25. The first-order valence-electron chi connectivity index (χ1n) is 6.24. The van der Waals surface area contributed by atoms with Gasteiger partial charge in [-0.15, -0.1) is 0 Å². The summed E-state index contributed by atoms with van der Waals surface area (Å²) in [6.45, 7) is 6.33. The van der Waals surface area contributed by atoms with Crippen molar-refractivity contribution in [2.45, 2.75) is 44.6 Å². The molecule has 1 rings (SSSR count). The summed E-state index contributed by atoms with van der Waals surface area (Å²) in [6, 6.07) is 2.76. The number of rotatable bonds is 5.